The molecule has 0 spiro atoms. The maximum atomic E-state index is 12.6. The molecular formula is C19H20N2O3S2. The van der Waals surface area contributed by atoms with Crippen LogP contribution in [0.5, 0.6) is 0 Å². The van der Waals surface area contributed by atoms with E-state index in [1.165, 1.54) is 29.0 Å². The summed E-state index contributed by atoms with van der Waals surface area (Å²) in [5.41, 5.74) is 2.15. The molecule has 7 heteroatoms. The SMILES string of the molecule is CCS(=O)(=O)c1ccccc1C(=O)Nc1nc2ccc(C(C)C)cc2s1. The first-order valence-electron chi connectivity index (χ1n) is 8.35. The maximum Gasteiger partial charge on any atom is 0.258 e. The molecule has 26 heavy (non-hydrogen) atoms. The molecule has 0 aliphatic rings. The molecule has 0 saturated carbocycles. The average Bonchev–Trinajstić information content (AvgIpc) is 3.02. The van der Waals surface area contributed by atoms with Crippen molar-refractivity contribution in [1.29, 1.82) is 0 Å². The van der Waals surface area contributed by atoms with E-state index in [1.807, 2.05) is 12.1 Å². The number of aromatic nitrogens is 1. The van der Waals surface area contributed by atoms with Crippen molar-refractivity contribution < 1.29 is 13.2 Å². The standard InChI is InChI=1S/C19H20N2O3S2/c1-4-26(23,24)17-8-6-5-7-14(17)18(22)21-19-20-15-10-9-13(12(2)3)11-16(15)25-19/h5-12H,4H2,1-3H3,(H,20,21,22). The van der Waals surface area contributed by atoms with Gasteiger partial charge in [-0.1, -0.05) is 50.3 Å². The summed E-state index contributed by atoms with van der Waals surface area (Å²) in [4.78, 5) is 17.1. The van der Waals surface area contributed by atoms with E-state index in [0.717, 1.165) is 10.2 Å². The van der Waals surface area contributed by atoms with E-state index in [1.54, 1.807) is 19.1 Å². The average molecular weight is 389 g/mol. The van der Waals surface area contributed by atoms with Crippen LogP contribution in [0.3, 0.4) is 0 Å². The largest absolute Gasteiger partial charge is 0.298 e. The van der Waals surface area contributed by atoms with Crippen LogP contribution < -0.4 is 5.32 Å². The number of hydrogen-bond acceptors (Lipinski definition) is 5. The Balaban J connectivity index is 1.93. The summed E-state index contributed by atoms with van der Waals surface area (Å²) in [7, 11) is -3.48. The van der Waals surface area contributed by atoms with Gasteiger partial charge in [-0.25, -0.2) is 13.4 Å². The van der Waals surface area contributed by atoms with E-state index >= 15 is 0 Å². The normalized spacial score (nSPS) is 11.8. The minimum atomic E-state index is -3.48. The number of nitrogens with zero attached hydrogens (tertiary/aromatic N) is 1. The smallest absolute Gasteiger partial charge is 0.258 e. The third-order valence-electron chi connectivity index (χ3n) is 4.15. The van der Waals surface area contributed by atoms with Gasteiger partial charge in [0.05, 0.1) is 26.4 Å². The Hall–Kier alpha value is -2.25. The lowest BCUT2D eigenvalue weighted by molar-refractivity contribution is 0.102. The van der Waals surface area contributed by atoms with Crippen molar-refractivity contribution in [2.75, 3.05) is 11.1 Å². The van der Waals surface area contributed by atoms with Crippen LogP contribution in [0.4, 0.5) is 5.13 Å². The Morgan fingerprint density at radius 2 is 1.92 bits per heavy atom. The molecule has 3 aromatic rings. The van der Waals surface area contributed by atoms with Crippen molar-refractivity contribution in [1.82, 2.24) is 4.98 Å². The lowest BCUT2D eigenvalue weighted by Crippen LogP contribution is -2.17. The molecule has 1 N–H and O–H groups in total. The molecule has 0 unspecified atom stereocenters. The van der Waals surface area contributed by atoms with Crippen LogP contribution in [0.25, 0.3) is 10.2 Å². The Bertz CT molecular complexity index is 1070. The maximum absolute atomic E-state index is 12.6. The monoisotopic (exact) mass is 388 g/mol. The van der Waals surface area contributed by atoms with Crippen molar-refractivity contribution >= 4 is 42.4 Å². The number of amides is 1. The number of hydrogen-bond donors (Lipinski definition) is 1. The van der Waals surface area contributed by atoms with E-state index in [4.69, 9.17) is 0 Å². The molecule has 0 fully saturated rings. The summed E-state index contributed by atoms with van der Waals surface area (Å²) in [6.07, 6.45) is 0. The lowest BCUT2D eigenvalue weighted by atomic mass is 10.0. The molecule has 3 rings (SSSR count). The molecule has 136 valence electrons. The van der Waals surface area contributed by atoms with Crippen molar-refractivity contribution in [3.8, 4) is 0 Å². The van der Waals surface area contributed by atoms with Gasteiger partial charge < -0.3 is 0 Å². The molecule has 0 aliphatic heterocycles. The van der Waals surface area contributed by atoms with Gasteiger partial charge in [0, 0.05) is 0 Å². The first kappa shape index (κ1) is 18.5. The highest BCUT2D eigenvalue weighted by molar-refractivity contribution is 7.91. The van der Waals surface area contributed by atoms with Crippen LogP contribution in [0.15, 0.2) is 47.4 Å². The number of carbonyl (C=O) groups excluding carboxylic acids is 1. The molecule has 0 saturated heterocycles. The highest BCUT2D eigenvalue weighted by atomic mass is 32.2. The van der Waals surface area contributed by atoms with Gasteiger partial charge in [0.2, 0.25) is 0 Å². The van der Waals surface area contributed by atoms with Crippen LogP contribution >= 0.6 is 11.3 Å². The second-order valence-electron chi connectivity index (χ2n) is 6.25. The van der Waals surface area contributed by atoms with Gasteiger partial charge in [-0.05, 0) is 35.7 Å². The molecule has 1 amide bonds. The number of carbonyl (C=O) groups is 1. The quantitative estimate of drug-likeness (QED) is 0.700. The van der Waals surface area contributed by atoms with E-state index < -0.39 is 15.7 Å². The summed E-state index contributed by atoms with van der Waals surface area (Å²) < 4.78 is 25.4. The molecule has 0 atom stereocenters. The molecule has 0 radical (unpaired) electrons. The number of sulfone groups is 1. The van der Waals surface area contributed by atoms with Gasteiger partial charge >= 0.3 is 0 Å². The van der Waals surface area contributed by atoms with Gasteiger partial charge in [0.1, 0.15) is 0 Å². The summed E-state index contributed by atoms with van der Waals surface area (Å²) in [6, 6.07) is 12.3. The van der Waals surface area contributed by atoms with Crippen LogP contribution in [-0.2, 0) is 9.84 Å². The van der Waals surface area contributed by atoms with Gasteiger partial charge in [0.25, 0.3) is 5.91 Å². The Morgan fingerprint density at radius 3 is 2.62 bits per heavy atom. The number of nitrogens with one attached hydrogen (secondary N) is 1. The first-order chi connectivity index (χ1) is 12.3. The van der Waals surface area contributed by atoms with Crippen molar-refractivity contribution in [2.45, 2.75) is 31.6 Å². The van der Waals surface area contributed by atoms with E-state index in [9.17, 15) is 13.2 Å². The highest BCUT2D eigenvalue weighted by Gasteiger charge is 2.21. The minimum Gasteiger partial charge on any atom is -0.298 e. The van der Waals surface area contributed by atoms with Gasteiger partial charge in [0.15, 0.2) is 15.0 Å². The van der Waals surface area contributed by atoms with E-state index in [2.05, 4.69) is 30.2 Å². The molecule has 5 nitrogen and oxygen atoms in total. The Morgan fingerprint density at radius 1 is 1.19 bits per heavy atom. The fourth-order valence-electron chi connectivity index (χ4n) is 2.60. The number of anilines is 1. The summed E-state index contributed by atoms with van der Waals surface area (Å²) in [5.74, 6) is -0.123. The zero-order valence-corrected chi connectivity index (χ0v) is 16.4. The summed E-state index contributed by atoms with van der Waals surface area (Å²) in [6.45, 7) is 5.80. The zero-order chi connectivity index (χ0) is 18.9. The molecule has 2 aromatic carbocycles. The van der Waals surface area contributed by atoms with Gasteiger partial charge in [-0.2, -0.15) is 0 Å². The zero-order valence-electron chi connectivity index (χ0n) is 14.8. The Labute approximate surface area is 157 Å². The lowest BCUT2D eigenvalue weighted by Gasteiger charge is -2.08. The fourth-order valence-corrected chi connectivity index (χ4v) is 4.60. The summed E-state index contributed by atoms with van der Waals surface area (Å²) in [5, 5.41) is 3.19. The minimum absolute atomic E-state index is 0.0446. The number of rotatable bonds is 5. The molecule has 1 heterocycles. The van der Waals surface area contributed by atoms with Crippen molar-refractivity contribution in [3.05, 3.63) is 53.6 Å². The van der Waals surface area contributed by atoms with Gasteiger partial charge in [-0.3, -0.25) is 10.1 Å². The van der Waals surface area contributed by atoms with Crippen LogP contribution in [0.1, 0.15) is 42.6 Å². The van der Waals surface area contributed by atoms with Crippen LogP contribution in [0, 0.1) is 0 Å². The second kappa shape index (κ2) is 7.17. The molecule has 1 aromatic heterocycles. The number of thiazole rings is 1. The van der Waals surface area contributed by atoms with E-state index in [-0.39, 0.29) is 16.2 Å². The third kappa shape index (κ3) is 3.64. The molecule has 0 aliphatic carbocycles. The highest BCUT2D eigenvalue weighted by Crippen LogP contribution is 2.29. The van der Waals surface area contributed by atoms with Gasteiger partial charge in [-0.15, -0.1) is 0 Å². The summed E-state index contributed by atoms with van der Waals surface area (Å²) >= 11 is 1.38. The van der Waals surface area contributed by atoms with Crippen molar-refractivity contribution in [2.24, 2.45) is 0 Å². The van der Waals surface area contributed by atoms with Crippen LogP contribution in [-0.4, -0.2) is 25.1 Å². The fraction of sp³-hybridized carbons (Fsp3) is 0.263. The predicted octanol–water partition coefficient (Wildman–Crippen LogP) is 4.47. The predicted molar refractivity (Wildman–Crippen MR) is 106 cm³/mol. The second-order valence-corrected chi connectivity index (χ2v) is 9.53. The van der Waals surface area contributed by atoms with Crippen molar-refractivity contribution in [3.63, 3.8) is 0 Å². The molecule has 0 bridgehead atoms. The molecular weight excluding hydrogens is 368 g/mol. The topological polar surface area (TPSA) is 76.1 Å². The number of fused-ring (bicyclic) bond motifs is 1. The van der Waals surface area contributed by atoms with E-state index in [0.29, 0.717) is 11.0 Å². The number of benzene rings is 2. The first-order valence-corrected chi connectivity index (χ1v) is 10.8. The Kier molecular flexibility index (Phi) is 5.11. The third-order valence-corrected chi connectivity index (χ3v) is 6.87. The van der Waals surface area contributed by atoms with Crippen LogP contribution in [0.2, 0.25) is 0 Å².